The van der Waals surface area contributed by atoms with Gasteiger partial charge in [-0.15, -0.1) is 11.3 Å². The molecule has 0 aliphatic rings. The Balaban J connectivity index is 1.69. The van der Waals surface area contributed by atoms with Gasteiger partial charge in [0.2, 0.25) is 5.78 Å². The van der Waals surface area contributed by atoms with Crippen LogP contribution in [0.5, 0.6) is 0 Å². The van der Waals surface area contributed by atoms with Crippen LogP contribution in [0.1, 0.15) is 16.1 Å². The van der Waals surface area contributed by atoms with Crippen LogP contribution >= 0.6 is 11.3 Å². The molecule has 102 valence electrons. The van der Waals surface area contributed by atoms with Gasteiger partial charge in [0.05, 0.1) is 0 Å². The summed E-state index contributed by atoms with van der Waals surface area (Å²) in [5, 5.41) is 4.19. The van der Waals surface area contributed by atoms with E-state index in [-0.39, 0.29) is 5.78 Å². The van der Waals surface area contributed by atoms with Crippen LogP contribution in [0.25, 0.3) is 21.1 Å². The molecule has 2 nitrogen and oxygen atoms in total. The van der Waals surface area contributed by atoms with Crippen LogP contribution in [0.3, 0.4) is 0 Å². The van der Waals surface area contributed by atoms with E-state index in [0.717, 1.165) is 21.9 Å². The third kappa shape index (κ3) is 2.16. The lowest BCUT2D eigenvalue weighted by Gasteiger charge is -1.97. The van der Waals surface area contributed by atoms with E-state index >= 15 is 0 Å². The number of para-hydroxylation sites is 1. The fraction of sp³-hybridized carbons (Fsp3) is 0.0556. The smallest absolute Gasteiger partial charge is 0.202 e. The number of ketones is 1. The first kappa shape index (κ1) is 12.4. The highest BCUT2D eigenvalue weighted by Crippen LogP contribution is 2.27. The number of benzene rings is 2. The van der Waals surface area contributed by atoms with Crippen LogP contribution in [-0.2, 0) is 6.42 Å². The number of carbonyl (C=O) groups is 1. The minimum Gasteiger partial charge on any atom is -0.453 e. The van der Waals surface area contributed by atoms with E-state index in [0.29, 0.717) is 12.2 Å². The molecule has 4 rings (SSSR count). The van der Waals surface area contributed by atoms with Gasteiger partial charge in [0.1, 0.15) is 5.58 Å². The standard InChI is InChI=1S/C18H12O2S/c19-15(17-10-12-5-1-3-7-16(12)20-17)9-13-11-21-18-8-4-2-6-14(13)18/h1-8,10-11H,9H2. The molecule has 0 saturated heterocycles. The summed E-state index contributed by atoms with van der Waals surface area (Å²) in [7, 11) is 0. The Bertz CT molecular complexity index is 913. The van der Waals surface area contributed by atoms with Gasteiger partial charge >= 0.3 is 0 Å². The fourth-order valence-electron chi connectivity index (χ4n) is 2.55. The Morgan fingerprint density at radius 3 is 2.76 bits per heavy atom. The third-order valence-electron chi connectivity index (χ3n) is 3.61. The average molecular weight is 292 g/mol. The molecule has 4 aromatic rings. The molecular formula is C18H12O2S. The number of hydrogen-bond acceptors (Lipinski definition) is 3. The van der Waals surface area contributed by atoms with Crippen LogP contribution in [0.4, 0.5) is 0 Å². The molecule has 0 radical (unpaired) electrons. The van der Waals surface area contributed by atoms with Crippen molar-refractivity contribution in [3.8, 4) is 0 Å². The van der Waals surface area contributed by atoms with E-state index < -0.39 is 0 Å². The van der Waals surface area contributed by atoms with E-state index in [4.69, 9.17) is 4.42 Å². The lowest BCUT2D eigenvalue weighted by Crippen LogP contribution is -2.01. The fourth-order valence-corrected chi connectivity index (χ4v) is 3.51. The maximum atomic E-state index is 12.4. The Kier molecular flexibility index (Phi) is 2.86. The topological polar surface area (TPSA) is 30.2 Å². The Hall–Kier alpha value is -2.39. The summed E-state index contributed by atoms with van der Waals surface area (Å²) in [6.07, 6.45) is 0.379. The lowest BCUT2D eigenvalue weighted by molar-refractivity contribution is 0.0969. The Labute approximate surface area is 125 Å². The molecule has 0 aliphatic heterocycles. The molecule has 0 bridgehead atoms. The van der Waals surface area contributed by atoms with Gasteiger partial charge in [-0.2, -0.15) is 0 Å². The zero-order valence-electron chi connectivity index (χ0n) is 11.2. The highest BCUT2D eigenvalue weighted by Gasteiger charge is 2.15. The molecule has 21 heavy (non-hydrogen) atoms. The first-order valence-corrected chi connectivity index (χ1v) is 7.66. The average Bonchev–Trinajstić information content (AvgIpc) is 3.11. The summed E-state index contributed by atoms with van der Waals surface area (Å²) in [4.78, 5) is 12.4. The van der Waals surface area contributed by atoms with Crippen molar-refractivity contribution in [2.45, 2.75) is 6.42 Å². The molecule has 0 atom stereocenters. The molecule has 0 aliphatic carbocycles. The number of fused-ring (bicyclic) bond motifs is 2. The van der Waals surface area contributed by atoms with Gasteiger partial charge in [0.25, 0.3) is 0 Å². The number of carbonyl (C=O) groups excluding carboxylic acids is 1. The predicted molar refractivity (Wildman–Crippen MR) is 86.1 cm³/mol. The molecule has 0 fully saturated rings. The van der Waals surface area contributed by atoms with E-state index in [1.807, 2.05) is 42.5 Å². The van der Waals surface area contributed by atoms with Gasteiger partial charge in [0, 0.05) is 16.5 Å². The van der Waals surface area contributed by atoms with Crippen molar-refractivity contribution in [1.82, 2.24) is 0 Å². The third-order valence-corrected chi connectivity index (χ3v) is 4.62. The quantitative estimate of drug-likeness (QED) is 0.493. The van der Waals surface area contributed by atoms with Crippen molar-refractivity contribution >= 4 is 38.2 Å². The number of furan rings is 1. The molecule has 3 heteroatoms. The summed E-state index contributed by atoms with van der Waals surface area (Å²) in [5.41, 5.74) is 1.83. The summed E-state index contributed by atoms with van der Waals surface area (Å²) in [6.45, 7) is 0. The molecule has 0 saturated carbocycles. The van der Waals surface area contributed by atoms with Gasteiger partial charge in [-0.3, -0.25) is 4.79 Å². The molecular weight excluding hydrogens is 280 g/mol. The van der Waals surface area contributed by atoms with Gasteiger partial charge in [-0.05, 0) is 34.5 Å². The van der Waals surface area contributed by atoms with Crippen molar-refractivity contribution in [3.05, 3.63) is 71.3 Å². The lowest BCUT2D eigenvalue weighted by atomic mass is 10.1. The number of rotatable bonds is 3. The number of hydrogen-bond donors (Lipinski definition) is 0. The molecule has 0 amide bonds. The van der Waals surface area contributed by atoms with Crippen molar-refractivity contribution in [2.24, 2.45) is 0 Å². The van der Waals surface area contributed by atoms with Crippen LogP contribution in [0.2, 0.25) is 0 Å². The minimum atomic E-state index is 0.0229. The second-order valence-corrected chi connectivity index (χ2v) is 5.92. The molecule has 0 N–H and O–H groups in total. The SMILES string of the molecule is O=C(Cc1csc2ccccc12)c1cc2ccccc2o1. The van der Waals surface area contributed by atoms with Crippen molar-refractivity contribution < 1.29 is 9.21 Å². The zero-order valence-corrected chi connectivity index (χ0v) is 12.0. The number of thiophene rings is 1. The number of Topliss-reactive ketones (excluding diaryl/α,β-unsaturated/α-hetero) is 1. The van der Waals surface area contributed by atoms with Gasteiger partial charge in [0.15, 0.2) is 5.76 Å². The Morgan fingerprint density at radius 2 is 1.86 bits per heavy atom. The Morgan fingerprint density at radius 1 is 1.05 bits per heavy atom. The van der Waals surface area contributed by atoms with Crippen molar-refractivity contribution in [2.75, 3.05) is 0 Å². The summed E-state index contributed by atoms with van der Waals surface area (Å²) >= 11 is 1.67. The van der Waals surface area contributed by atoms with Gasteiger partial charge < -0.3 is 4.42 Å². The predicted octanol–water partition coefficient (Wildman–Crippen LogP) is 5.07. The maximum absolute atomic E-state index is 12.4. The van der Waals surface area contributed by atoms with E-state index in [1.54, 1.807) is 11.3 Å². The molecule has 0 spiro atoms. The second kappa shape index (κ2) is 4.86. The van der Waals surface area contributed by atoms with Crippen molar-refractivity contribution in [3.63, 3.8) is 0 Å². The summed E-state index contributed by atoms with van der Waals surface area (Å²) in [5.74, 6) is 0.459. The first-order chi connectivity index (χ1) is 10.3. The van der Waals surface area contributed by atoms with Gasteiger partial charge in [-0.25, -0.2) is 0 Å². The van der Waals surface area contributed by atoms with E-state index in [1.165, 1.54) is 4.70 Å². The molecule has 2 heterocycles. The largest absolute Gasteiger partial charge is 0.453 e. The monoisotopic (exact) mass is 292 g/mol. The molecule has 2 aromatic carbocycles. The highest BCUT2D eigenvalue weighted by atomic mass is 32.1. The first-order valence-electron chi connectivity index (χ1n) is 6.78. The van der Waals surface area contributed by atoms with Crippen LogP contribution in [0.15, 0.2) is 64.4 Å². The summed E-state index contributed by atoms with van der Waals surface area (Å²) in [6, 6.07) is 17.7. The normalized spacial score (nSPS) is 11.2. The van der Waals surface area contributed by atoms with E-state index in [2.05, 4.69) is 17.5 Å². The van der Waals surface area contributed by atoms with Crippen molar-refractivity contribution in [1.29, 1.82) is 0 Å². The maximum Gasteiger partial charge on any atom is 0.202 e. The van der Waals surface area contributed by atoms with Crippen LogP contribution in [-0.4, -0.2) is 5.78 Å². The van der Waals surface area contributed by atoms with Crippen LogP contribution in [0, 0.1) is 0 Å². The van der Waals surface area contributed by atoms with E-state index in [9.17, 15) is 4.79 Å². The second-order valence-electron chi connectivity index (χ2n) is 5.01. The minimum absolute atomic E-state index is 0.0229. The highest BCUT2D eigenvalue weighted by molar-refractivity contribution is 7.17. The zero-order chi connectivity index (χ0) is 14.2. The summed E-state index contributed by atoms with van der Waals surface area (Å²) < 4.78 is 6.86. The molecule has 2 aromatic heterocycles. The van der Waals surface area contributed by atoms with Crippen LogP contribution < -0.4 is 0 Å². The van der Waals surface area contributed by atoms with Gasteiger partial charge in [-0.1, -0.05) is 36.4 Å². The molecule has 0 unspecified atom stereocenters.